The normalized spacial score (nSPS) is 15.7. The van der Waals surface area contributed by atoms with Crippen LogP contribution in [0.1, 0.15) is 52.9 Å². The molecule has 1 unspecified atom stereocenters. The summed E-state index contributed by atoms with van der Waals surface area (Å²) in [5.74, 6) is 0. The van der Waals surface area contributed by atoms with Gasteiger partial charge < -0.3 is 10.4 Å². The van der Waals surface area contributed by atoms with Crippen LogP contribution < -0.4 is 5.32 Å². The first-order valence-corrected chi connectivity index (χ1v) is 5.55. The fourth-order valence-corrected chi connectivity index (χ4v) is 1.42. The molecular formula is C11H25NO. The maximum absolute atomic E-state index is 9.93. The molecule has 1 atom stereocenters. The minimum absolute atomic E-state index is 0.461. The van der Waals surface area contributed by atoms with Crippen LogP contribution in [0, 0.1) is 0 Å². The van der Waals surface area contributed by atoms with Crippen molar-refractivity contribution in [1.29, 1.82) is 0 Å². The van der Waals surface area contributed by atoms with Crippen molar-refractivity contribution in [2.45, 2.75) is 58.5 Å². The van der Waals surface area contributed by atoms with Gasteiger partial charge in [-0.3, -0.25) is 0 Å². The highest BCUT2D eigenvalue weighted by Gasteiger charge is 2.18. The van der Waals surface area contributed by atoms with Gasteiger partial charge in [0.2, 0.25) is 0 Å². The standard InChI is InChI=1S/C11H25NO/c1-4-6-7-8-11(3,13)9-10-12-5-2/h12-13H,4-10H2,1-3H3. The van der Waals surface area contributed by atoms with Crippen LogP contribution in [0.15, 0.2) is 0 Å². The Labute approximate surface area is 82.7 Å². The van der Waals surface area contributed by atoms with E-state index in [-0.39, 0.29) is 0 Å². The van der Waals surface area contributed by atoms with Crippen molar-refractivity contribution in [3.8, 4) is 0 Å². The highest BCUT2D eigenvalue weighted by atomic mass is 16.3. The second-order valence-electron chi connectivity index (χ2n) is 4.06. The molecule has 0 aliphatic rings. The maximum atomic E-state index is 9.93. The molecule has 0 spiro atoms. The summed E-state index contributed by atoms with van der Waals surface area (Å²) in [5, 5.41) is 13.2. The van der Waals surface area contributed by atoms with Crippen LogP contribution in [-0.4, -0.2) is 23.8 Å². The molecular weight excluding hydrogens is 162 g/mol. The molecule has 0 aromatic heterocycles. The third kappa shape index (κ3) is 8.26. The smallest absolute Gasteiger partial charge is 0.0631 e. The Kier molecular flexibility index (Phi) is 7.29. The van der Waals surface area contributed by atoms with Crippen LogP contribution >= 0.6 is 0 Å². The predicted molar refractivity (Wildman–Crippen MR) is 57.9 cm³/mol. The second kappa shape index (κ2) is 7.34. The third-order valence-corrected chi connectivity index (χ3v) is 2.41. The molecule has 0 saturated carbocycles. The molecule has 0 amide bonds. The molecule has 0 radical (unpaired) electrons. The zero-order valence-corrected chi connectivity index (χ0v) is 9.40. The van der Waals surface area contributed by atoms with E-state index in [2.05, 4.69) is 19.2 Å². The van der Waals surface area contributed by atoms with E-state index < -0.39 is 5.60 Å². The molecule has 0 aromatic rings. The average Bonchev–Trinajstić information content (AvgIpc) is 2.05. The zero-order chi connectivity index (χ0) is 10.2. The van der Waals surface area contributed by atoms with Crippen molar-refractivity contribution in [3.05, 3.63) is 0 Å². The number of nitrogens with one attached hydrogen (secondary N) is 1. The summed E-state index contributed by atoms with van der Waals surface area (Å²) in [6.45, 7) is 8.14. The molecule has 0 saturated heterocycles. The van der Waals surface area contributed by atoms with Gasteiger partial charge in [0.05, 0.1) is 5.60 Å². The maximum Gasteiger partial charge on any atom is 0.0631 e. The van der Waals surface area contributed by atoms with Crippen molar-refractivity contribution in [2.75, 3.05) is 13.1 Å². The van der Waals surface area contributed by atoms with Gasteiger partial charge >= 0.3 is 0 Å². The zero-order valence-electron chi connectivity index (χ0n) is 9.40. The lowest BCUT2D eigenvalue weighted by Gasteiger charge is -2.23. The van der Waals surface area contributed by atoms with Gasteiger partial charge in [0.1, 0.15) is 0 Å². The van der Waals surface area contributed by atoms with Gasteiger partial charge in [0, 0.05) is 0 Å². The van der Waals surface area contributed by atoms with E-state index >= 15 is 0 Å². The van der Waals surface area contributed by atoms with Crippen LogP contribution in [0.4, 0.5) is 0 Å². The Hall–Kier alpha value is -0.0800. The number of hydrogen-bond acceptors (Lipinski definition) is 2. The summed E-state index contributed by atoms with van der Waals surface area (Å²) < 4.78 is 0. The van der Waals surface area contributed by atoms with Gasteiger partial charge in [-0.05, 0) is 32.9 Å². The van der Waals surface area contributed by atoms with E-state index in [0.717, 1.165) is 32.4 Å². The Balaban J connectivity index is 3.42. The fraction of sp³-hybridized carbons (Fsp3) is 1.00. The average molecular weight is 187 g/mol. The summed E-state index contributed by atoms with van der Waals surface area (Å²) in [6.07, 6.45) is 5.41. The summed E-state index contributed by atoms with van der Waals surface area (Å²) in [4.78, 5) is 0. The van der Waals surface area contributed by atoms with Crippen molar-refractivity contribution in [3.63, 3.8) is 0 Å². The highest BCUT2D eigenvalue weighted by Crippen LogP contribution is 2.17. The molecule has 0 heterocycles. The molecule has 0 rings (SSSR count). The number of unbranched alkanes of at least 4 members (excludes halogenated alkanes) is 2. The number of aliphatic hydroxyl groups is 1. The van der Waals surface area contributed by atoms with Crippen LogP contribution in [0.2, 0.25) is 0 Å². The van der Waals surface area contributed by atoms with Gasteiger partial charge in [0.15, 0.2) is 0 Å². The lowest BCUT2D eigenvalue weighted by Crippen LogP contribution is -2.29. The first-order chi connectivity index (χ1) is 6.12. The lowest BCUT2D eigenvalue weighted by molar-refractivity contribution is 0.0398. The van der Waals surface area contributed by atoms with E-state index in [1.807, 2.05) is 6.92 Å². The molecule has 2 N–H and O–H groups in total. The topological polar surface area (TPSA) is 32.3 Å². The minimum Gasteiger partial charge on any atom is -0.390 e. The molecule has 80 valence electrons. The molecule has 0 bridgehead atoms. The van der Waals surface area contributed by atoms with Gasteiger partial charge in [-0.1, -0.05) is 33.1 Å². The van der Waals surface area contributed by atoms with Crippen LogP contribution in [0.3, 0.4) is 0 Å². The summed E-state index contributed by atoms with van der Waals surface area (Å²) in [6, 6.07) is 0. The molecule has 13 heavy (non-hydrogen) atoms. The lowest BCUT2D eigenvalue weighted by atomic mass is 9.95. The number of rotatable bonds is 8. The fourth-order valence-electron chi connectivity index (χ4n) is 1.42. The molecule has 0 aliphatic carbocycles. The van der Waals surface area contributed by atoms with Crippen molar-refractivity contribution < 1.29 is 5.11 Å². The van der Waals surface area contributed by atoms with Crippen molar-refractivity contribution in [2.24, 2.45) is 0 Å². The van der Waals surface area contributed by atoms with Crippen molar-refractivity contribution in [1.82, 2.24) is 5.32 Å². The van der Waals surface area contributed by atoms with Crippen LogP contribution in [-0.2, 0) is 0 Å². The largest absolute Gasteiger partial charge is 0.390 e. The molecule has 0 fully saturated rings. The minimum atomic E-state index is -0.461. The first-order valence-electron chi connectivity index (χ1n) is 5.55. The molecule has 0 aliphatic heterocycles. The third-order valence-electron chi connectivity index (χ3n) is 2.41. The Morgan fingerprint density at radius 2 is 1.85 bits per heavy atom. The summed E-state index contributed by atoms with van der Waals surface area (Å²) >= 11 is 0. The van der Waals surface area contributed by atoms with E-state index in [1.165, 1.54) is 12.8 Å². The van der Waals surface area contributed by atoms with E-state index in [1.54, 1.807) is 0 Å². The Bertz CT molecular complexity index is 101. The summed E-state index contributed by atoms with van der Waals surface area (Å²) in [7, 11) is 0. The summed E-state index contributed by atoms with van der Waals surface area (Å²) in [5.41, 5.74) is -0.461. The van der Waals surface area contributed by atoms with Gasteiger partial charge in [-0.2, -0.15) is 0 Å². The predicted octanol–water partition coefficient (Wildman–Crippen LogP) is 2.32. The van der Waals surface area contributed by atoms with E-state index in [4.69, 9.17) is 0 Å². The monoisotopic (exact) mass is 187 g/mol. The second-order valence-corrected chi connectivity index (χ2v) is 4.06. The SMILES string of the molecule is CCCCCC(C)(O)CCNCC. The van der Waals surface area contributed by atoms with Crippen LogP contribution in [0.25, 0.3) is 0 Å². The quantitative estimate of drug-likeness (QED) is 0.572. The first kappa shape index (κ1) is 12.9. The van der Waals surface area contributed by atoms with Crippen molar-refractivity contribution >= 4 is 0 Å². The molecule has 2 heteroatoms. The van der Waals surface area contributed by atoms with Crippen LogP contribution in [0.5, 0.6) is 0 Å². The van der Waals surface area contributed by atoms with Gasteiger partial charge in [0.25, 0.3) is 0 Å². The molecule has 0 aromatic carbocycles. The van der Waals surface area contributed by atoms with Gasteiger partial charge in [-0.15, -0.1) is 0 Å². The van der Waals surface area contributed by atoms with Gasteiger partial charge in [-0.25, -0.2) is 0 Å². The number of hydrogen-bond donors (Lipinski definition) is 2. The Morgan fingerprint density at radius 1 is 1.15 bits per heavy atom. The molecule has 2 nitrogen and oxygen atoms in total. The Morgan fingerprint density at radius 3 is 2.38 bits per heavy atom. The van der Waals surface area contributed by atoms with E-state index in [9.17, 15) is 5.11 Å². The van der Waals surface area contributed by atoms with E-state index in [0.29, 0.717) is 0 Å². The highest BCUT2D eigenvalue weighted by molar-refractivity contribution is 4.73.